The Morgan fingerprint density at radius 2 is 1.42 bits per heavy atom. The molecule has 0 radical (unpaired) electrons. The van der Waals surface area contributed by atoms with Gasteiger partial charge in [0.2, 0.25) is 0 Å². The lowest BCUT2D eigenvalue weighted by Crippen LogP contribution is -2.72. The van der Waals surface area contributed by atoms with Crippen molar-refractivity contribution >= 4 is 62.4 Å². The van der Waals surface area contributed by atoms with Crippen molar-refractivity contribution in [2.45, 2.75) is 120 Å². The predicted molar refractivity (Wildman–Crippen MR) is 219 cm³/mol. The van der Waals surface area contributed by atoms with Crippen molar-refractivity contribution in [3.05, 3.63) is 90.5 Å². The van der Waals surface area contributed by atoms with Crippen LogP contribution in [-0.2, 0) is 11.8 Å². The van der Waals surface area contributed by atoms with E-state index in [4.69, 9.17) is 4.74 Å². The minimum Gasteiger partial charge on any atom is -0.373 e. The lowest BCUT2D eigenvalue weighted by atomic mass is 9.72. The van der Waals surface area contributed by atoms with Crippen LogP contribution in [0, 0.1) is 0 Å². The first kappa shape index (κ1) is 32.3. The second-order valence-electron chi connectivity index (χ2n) is 16.7. The number of fused-ring (bicyclic) bond motifs is 9. The van der Waals surface area contributed by atoms with Gasteiger partial charge in [0, 0.05) is 80.5 Å². The molecule has 1 aromatic heterocycles. The quantitative estimate of drug-likeness (QED) is 0.180. The predicted octanol–water partition coefficient (Wildman–Crippen LogP) is 10.4. The van der Waals surface area contributed by atoms with Crippen LogP contribution in [0.15, 0.2) is 94.7 Å². The van der Waals surface area contributed by atoms with Gasteiger partial charge in [-0.1, -0.05) is 67.1 Å². The summed E-state index contributed by atoms with van der Waals surface area (Å²) in [6, 6.07) is 34.7. The van der Waals surface area contributed by atoms with Gasteiger partial charge >= 0.3 is 0 Å². The molecule has 9 atom stereocenters. The Balaban J connectivity index is 0.893. The van der Waals surface area contributed by atoms with Gasteiger partial charge in [-0.2, -0.15) is 0 Å². The maximum Gasteiger partial charge on any atom is 0.0714 e. The number of ether oxygens (including phenoxy) is 1. The zero-order valence-corrected chi connectivity index (χ0v) is 32.3. The van der Waals surface area contributed by atoms with E-state index in [9.17, 15) is 0 Å². The topological polar surface area (TPSA) is 23.9 Å². The second-order valence-corrected chi connectivity index (χ2v) is 19.2. The third-order valence-corrected chi connectivity index (χ3v) is 17.0. The maximum absolute atomic E-state index is 7.02. The van der Waals surface area contributed by atoms with E-state index in [0.717, 1.165) is 0 Å². The van der Waals surface area contributed by atoms with Crippen LogP contribution >= 0.6 is 23.5 Å². The number of aryl methyl sites for hydroxylation is 1. The number of likely N-dealkylation sites (N-methyl/N-ethyl adjacent to an activating group) is 1. The van der Waals surface area contributed by atoms with Crippen LogP contribution in [0.3, 0.4) is 0 Å². The van der Waals surface area contributed by atoms with E-state index < -0.39 is 0 Å². The number of piperazine rings is 1. The highest BCUT2D eigenvalue weighted by molar-refractivity contribution is 8.00. The van der Waals surface area contributed by atoms with E-state index in [2.05, 4.69) is 137 Å². The summed E-state index contributed by atoms with van der Waals surface area (Å²) in [5, 5.41) is 4.01. The molecule has 3 aliphatic heterocycles. The molecule has 5 fully saturated rings. The summed E-state index contributed by atoms with van der Waals surface area (Å²) < 4.78 is 9.38. The lowest BCUT2D eigenvalue weighted by molar-refractivity contribution is -0.0792. The molecule has 0 N–H and O–H groups in total. The van der Waals surface area contributed by atoms with Crippen LogP contribution in [0.4, 0.5) is 17.1 Å². The molecule has 5 nitrogen and oxygen atoms in total. The summed E-state index contributed by atoms with van der Waals surface area (Å²) in [6.45, 7) is 0. The monoisotopic (exact) mass is 726 g/mol. The van der Waals surface area contributed by atoms with E-state index in [-0.39, 0.29) is 0 Å². The molecular weight excluding hydrogens is 677 g/mol. The minimum atomic E-state index is 0.398. The molecule has 4 aromatic carbocycles. The number of aromatic nitrogens is 1. The molecule has 11 rings (SSSR count). The number of rotatable bonds is 2. The first-order valence-electron chi connectivity index (χ1n) is 19.9. The Kier molecular flexibility index (Phi) is 7.76. The Hall–Kier alpha value is -3.10. The molecule has 7 heteroatoms. The Labute approximate surface area is 317 Å². The lowest BCUT2D eigenvalue weighted by Gasteiger charge is -2.62. The van der Waals surface area contributed by atoms with Crippen molar-refractivity contribution in [1.29, 1.82) is 0 Å². The van der Waals surface area contributed by atoms with Gasteiger partial charge in [-0.15, -0.1) is 11.8 Å². The van der Waals surface area contributed by atoms with Crippen molar-refractivity contribution in [2.75, 3.05) is 23.9 Å². The molecule has 9 unspecified atom stereocenters. The number of thioether (sulfide) groups is 1. The fourth-order valence-corrected chi connectivity index (χ4v) is 14.5. The highest BCUT2D eigenvalue weighted by atomic mass is 32.2. The fraction of sp³-hybridized carbons (Fsp3) is 0.467. The average molecular weight is 727 g/mol. The van der Waals surface area contributed by atoms with E-state index in [1.165, 1.54) is 112 Å². The second kappa shape index (κ2) is 12.5. The molecule has 0 bridgehead atoms. The van der Waals surface area contributed by atoms with Crippen LogP contribution in [0.5, 0.6) is 0 Å². The van der Waals surface area contributed by atoms with Crippen LogP contribution in [-0.4, -0.2) is 70.4 Å². The van der Waals surface area contributed by atoms with Crippen molar-refractivity contribution < 1.29 is 4.74 Å². The number of hydrogen-bond donors (Lipinski definition) is 0. The molecule has 52 heavy (non-hydrogen) atoms. The van der Waals surface area contributed by atoms with Crippen molar-refractivity contribution in [3.8, 4) is 0 Å². The molecule has 4 heterocycles. The average Bonchev–Trinajstić information content (AvgIpc) is 3.46. The van der Waals surface area contributed by atoms with Gasteiger partial charge in [-0.25, -0.2) is 0 Å². The summed E-state index contributed by atoms with van der Waals surface area (Å²) in [5.41, 5.74) is 8.19. The van der Waals surface area contributed by atoms with Gasteiger partial charge in [-0.05, 0) is 106 Å². The molecule has 3 aliphatic carbocycles. The molecule has 0 spiro atoms. The molecule has 0 amide bonds. The number of para-hydroxylation sites is 2. The summed E-state index contributed by atoms with van der Waals surface area (Å²) in [7, 11) is 6.93. The van der Waals surface area contributed by atoms with E-state index in [1.807, 2.05) is 11.8 Å². The van der Waals surface area contributed by atoms with E-state index in [1.54, 1.807) is 0 Å². The summed E-state index contributed by atoms with van der Waals surface area (Å²) >= 11 is 4.28. The minimum absolute atomic E-state index is 0.398. The number of nitrogens with zero attached hydrogens (tertiary/aromatic N) is 4. The van der Waals surface area contributed by atoms with E-state index in [0.29, 0.717) is 52.8 Å². The summed E-state index contributed by atoms with van der Waals surface area (Å²) in [5.74, 6) is 0.567. The smallest absolute Gasteiger partial charge is 0.0714 e. The van der Waals surface area contributed by atoms with Crippen LogP contribution < -0.4 is 9.80 Å². The number of hydrogen-bond acceptors (Lipinski definition) is 6. The number of anilines is 3. The molecule has 3 saturated carbocycles. The third-order valence-electron chi connectivity index (χ3n) is 14.1. The maximum atomic E-state index is 7.02. The highest BCUT2D eigenvalue weighted by Crippen LogP contribution is 2.53. The normalized spacial score (nSPS) is 32.8. The zero-order valence-electron chi connectivity index (χ0n) is 30.7. The summed E-state index contributed by atoms with van der Waals surface area (Å²) in [6.07, 6.45) is 12.3. The molecule has 5 aromatic rings. The SMILES string of the molecule is CN1c2ccc(C3CCC4C(C3)N(C)C3CC5OC6CCCCC6SC5CC3N4c3ccccc3)cc2Sc2cc3c(cc21)c1ccccc1n3C. The zero-order chi connectivity index (χ0) is 34.7. The molecule has 2 saturated heterocycles. The van der Waals surface area contributed by atoms with Gasteiger partial charge < -0.3 is 19.1 Å². The van der Waals surface area contributed by atoms with Crippen molar-refractivity contribution in [2.24, 2.45) is 7.05 Å². The first-order valence-corrected chi connectivity index (χ1v) is 21.7. The Bertz CT molecular complexity index is 2170. The van der Waals surface area contributed by atoms with Gasteiger partial charge in [0.15, 0.2) is 0 Å². The van der Waals surface area contributed by atoms with E-state index >= 15 is 0 Å². The number of benzene rings is 4. The van der Waals surface area contributed by atoms with Crippen LogP contribution in [0.25, 0.3) is 21.8 Å². The summed E-state index contributed by atoms with van der Waals surface area (Å²) in [4.78, 5) is 10.9. The van der Waals surface area contributed by atoms with Crippen LogP contribution in [0.1, 0.15) is 69.3 Å². The standard InChI is InChI=1S/C45H50N4OS2/c1-46-32-14-8-7-13-30(32)31-23-39-44(25-35(31)46)52-43-22-28(18-20-34(43)47(39)2)27-17-19-33-36(21-27)48(3)37-24-41-45(51-42-16-10-9-15-40(42)50-41)26-38(37)49(33)29-11-5-4-6-12-29/h4-8,11-14,18,20,22-23,25,27,33,36-38,40-42,45H,9-10,15-17,19,21,24,26H2,1-3H3. The molecular formula is C45H50N4OS2. The highest BCUT2D eigenvalue weighted by Gasteiger charge is 2.54. The van der Waals surface area contributed by atoms with Crippen molar-refractivity contribution in [1.82, 2.24) is 9.47 Å². The van der Waals surface area contributed by atoms with Crippen molar-refractivity contribution in [3.63, 3.8) is 0 Å². The largest absolute Gasteiger partial charge is 0.373 e. The first-order chi connectivity index (χ1) is 25.5. The molecule has 6 aliphatic rings. The fourth-order valence-electron chi connectivity index (χ4n) is 11.5. The third kappa shape index (κ3) is 4.98. The van der Waals surface area contributed by atoms with Gasteiger partial charge in [0.25, 0.3) is 0 Å². The van der Waals surface area contributed by atoms with Gasteiger partial charge in [0.05, 0.1) is 29.1 Å². The van der Waals surface area contributed by atoms with Gasteiger partial charge in [0.1, 0.15) is 0 Å². The molecule has 268 valence electrons. The van der Waals surface area contributed by atoms with Gasteiger partial charge in [-0.3, -0.25) is 4.90 Å². The Morgan fingerprint density at radius 3 is 2.33 bits per heavy atom. The Morgan fingerprint density at radius 1 is 0.615 bits per heavy atom. The van der Waals surface area contributed by atoms with Crippen LogP contribution in [0.2, 0.25) is 0 Å².